The number of nitriles is 1. The Bertz CT molecular complexity index is 1390. The molecule has 1 heterocycles. The van der Waals surface area contributed by atoms with E-state index >= 15 is 0 Å². The molecule has 0 atom stereocenters. The molecule has 0 fully saturated rings. The Morgan fingerprint density at radius 2 is 1.36 bits per heavy atom. The van der Waals surface area contributed by atoms with Crippen molar-refractivity contribution in [3.8, 4) is 6.07 Å². The molecule has 33 heavy (non-hydrogen) atoms. The SMILES string of the molecule is N#Cc1ccc(CN(Cc2ccccc2)c2c(N)n(Cc3ccccc3)c(=O)[nH]c2=O)cc1. The average Bonchev–Trinajstić information content (AvgIpc) is 2.83. The minimum atomic E-state index is -0.553. The smallest absolute Gasteiger partial charge is 0.330 e. The van der Waals surface area contributed by atoms with E-state index in [0.29, 0.717) is 18.7 Å². The summed E-state index contributed by atoms with van der Waals surface area (Å²) in [5.41, 5.74) is 8.94. The van der Waals surface area contributed by atoms with E-state index in [1.54, 1.807) is 12.1 Å². The molecule has 0 spiro atoms. The molecule has 0 amide bonds. The fraction of sp³-hybridized carbons (Fsp3) is 0.115. The molecule has 0 bridgehead atoms. The Labute approximate surface area is 191 Å². The van der Waals surface area contributed by atoms with Crippen LogP contribution in [0.1, 0.15) is 22.3 Å². The van der Waals surface area contributed by atoms with Gasteiger partial charge in [0, 0.05) is 13.1 Å². The lowest BCUT2D eigenvalue weighted by atomic mass is 10.1. The first-order chi connectivity index (χ1) is 16.0. The lowest BCUT2D eigenvalue weighted by molar-refractivity contribution is 0.712. The van der Waals surface area contributed by atoms with Crippen molar-refractivity contribution in [3.63, 3.8) is 0 Å². The predicted molar refractivity (Wildman–Crippen MR) is 129 cm³/mol. The number of nitrogens with zero attached hydrogens (tertiary/aromatic N) is 3. The third-order valence-electron chi connectivity index (χ3n) is 5.39. The number of rotatable bonds is 7. The van der Waals surface area contributed by atoms with Crippen LogP contribution < -0.4 is 21.9 Å². The lowest BCUT2D eigenvalue weighted by Crippen LogP contribution is -2.38. The number of aromatic nitrogens is 2. The highest BCUT2D eigenvalue weighted by atomic mass is 16.2. The highest BCUT2D eigenvalue weighted by molar-refractivity contribution is 5.63. The standard InChI is InChI=1S/C26H23N5O2/c27-15-19-11-13-22(14-12-19)17-30(16-20-7-3-1-4-8-20)23-24(28)31(26(33)29-25(23)32)18-21-9-5-2-6-10-21/h1-14H,16-18,28H2,(H,29,32,33). The summed E-state index contributed by atoms with van der Waals surface area (Å²) in [6.45, 7) is 1.03. The number of hydrogen-bond donors (Lipinski definition) is 2. The number of nitrogens with two attached hydrogens (primary N) is 1. The molecular weight excluding hydrogens is 414 g/mol. The van der Waals surface area contributed by atoms with Gasteiger partial charge in [-0.2, -0.15) is 5.26 Å². The average molecular weight is 438 g/mol. The van der Waals surface area contributed by atoms with Gasteiger partial charge >= 0.3 is 5.69 Å². The molecule has 0 unspecified atom stereocenters. The fourth-order valence-electron chi connectivity index (χ4n) is 3.73. The minimum Gasteiger partial charge on any atom is -0.383 e. The van der Waals surface area contributed by atoms with E-state index in [1.807, 2.05) is 77.7 Å². The monoisotopic (exact) mass is 437 g/mol. The summed E-state index contributed by atoms with van der Waals surface area (Å²) in [5.74, 6) is 0.108. The molecule has 164 valence electrons. The van der Waals surface area contributed by atoms with Crippen LogP contribution in [0.25, 0.3) is 0 Å². The Hall–Kier alpha value is -4.57. The van der Waals surface area contributed by atoms with Gasteiger partial charge in [0.2, 0.25) is 0 Å². The molecule has 0 radical (unpaired) electrons. The Kier molecular flexibility index (Phi) is 6.37. The lowest BCUT2D eigenvalue weighted by Gasteiger charge is -2.26. The van der Waals surface area contributed by atoms with Gasteiger partial charge < -0.3 is 10.6 Å². The summed E-state index contributed by atoms with van der Waals surface area (Å²) < 4.78 is 1.38. The number of nitrogens with one attached hydrogen (secondary N) is 1. The quantitative estimate of drug-likeness (QED) is 0.461. The molecule has 7 nitrogen and oxygen atoms in total. The van der Waals surface area contributed by atoms with Crippen LogP contribution in [0.4, 0.5) is 11.5 Å². The fourth-order valence-corrected chi connectivity index (χ4v) is 3.73. The topological polar surface area (TPSA) is 108 Å². The van der Waals surface area contributed by atoms with Crippen molar-refractivity contribution in [2.45, 2.75) is 19.6 Å². The molecule has 3 N–H and O–H groups in total. The second kappa shape index (κ2) is 9.71. The number of anilines is 2. The Morgan fingerprint density at radius 3 is 1.94 bits per heavy atom. The zero-order valence-corrected chi connectivity index (χ0v) is 17.9. The van der Waals surface area contributed by atoms with E-state index in [2.05, 4.69) is 11.1 Å². The maximum atomic E-state index is 13.0. The molecule has 7 heteroatoms. The summed E-state index contributed by atoms with van der Waals surface area (Å²) >= 11 is 0. The van der Waals surface area contributed by atoms with Gasteiger partial charge in [0.1, 0.15) is 11.5 Å². The summed E-state index contributed by atoms with van der Waals surface area (Å²) in [6, 6.07) is 28.5. The van der Waals surface area contributed by atoms with Gasteiger partial charge in [-0.1, -0.05) is 72.8 Å². The Morgan fingerprint density at radius 1 is 0.818 bits per heavy atom. The van der Waals surface area contributed by atoms with E-state index in [-0.39, 0.29) is 18.1 Å². The van der Waals surface area contributed by atoms with Crippen LogP contribution in [0.15, 0.2) is 94.5 Å². The number of H-pyrrole nitrogens is 1. The largest absolute Gasteiger partial charge is 0.383 e. The van der Waals surface area contributed by atoms with E-state index in [9.17, 15) is 9.59 Å². The molecule has 0 aliphatic rings. The van der Waals surface area contributed by atoms with Crippen LogP contribution in [0.2, 0.25) is 0 Å². The van der Waals surface area contributed by atoms with Gasteiger partial charge in [-0.15, -0.1) is 0 Å². The summed E-state index contributed by atoms with van der Waals surface area (Å²) in [6.07, 6.45) is 0. The van der Waals surface area contributed by atoms with Gasteiger partial charge in [0.15, 0.2) is 0 Å². The number of hydrogen-bond acceptors (Lipinski definition) is 5. The third-order valence-corrected chi connectivity index (χ3v) is 5.39. The van der Waals surface area contributed by atoms with Crippen LogP contribution in [0, 0.1) is 11.3 Å². The first-order valence-electron chi connectivity index (χ1n) is 10.5. The van der Waals surface area contributed by atoms with E-state index < -0.39 is 11.2 Å². The summed E-state index contributed by atoms with van der Waals surface area (Å²) in [7, 11) is 0. The molecule has 0 aliphatic heterocycles. The number of nitrogen functional groups attached to an aromatic ring is 1. The van der Waals surface area contributed by atoms with Gasteiger partial charge in [-0.25, -0.2) is 4.79 Å². The van der Waals surface area contributed by atoms with Crippen molar-refractivity contribution >= 4 is 11.5 Å². The summed E-state index contributed by atoms with van der Waals surface area (Å²) in [4.78, 5) is 29.8. The van der Waals surface area contributed by atoms with Crippen molar-refractivity contribution in [2.75, 3.05) is 10.6 Å². The highest BCUT2D eigenvalue weighted by Gasteiger charge is 2.20. The first kappa shape index (κ1) is 21.7. The zero-order chi connectivity index (χ0) is 23.2. The molecular formula is C26H23N5O2. The van der Waals surface area contributed by atoms with Crippen LogP contribution in [0.5, 0.6) is 0 Å². The normalized spacial score (nSPS) is 10.5. The molecule has 4 rings (SSSR count). The first-order valence-corrected chi connectivity index (χ1v) is 10.5. The van der Waals surface area contributed by atoms with Crippen molar-refractivity contribution in [1.82, 2.24) is 9.55 Å². The van der Waals surface area contributed by atoms with Crippen LogP contribution in [-0.2, 0) is 19.6 Å². The van der Waals surface area contributed by atoms with Crippen molar-refractivity contribution in [3.05, 3.63) is 128 Å². The van der Waals surface area contributed by atoms with E-state index in [1.165, 1.54) is 4.57 Å². The molecule has 3 aromatic carbocycles. The second-order valence-electron chi connectivity index (χ2n) is 7.72. The number of benzene rings is 3. The molecule has 1 aromatic heterocycles. The van der Waals surface area contributed by atoms with Crippen molar-refractivity contribution in [2.24, 2.45) is 0 Å². The summed E-state index contributed by atoms with van der Waals surface area (Å²) in [5, 5.41) is 9.08. The zero-order valence-electron chi connectivity index (χ0n) is 17.9. The second-order valence-corrected chi connectivity index (χ2v) is 7.72. The van der Waals surface area contributed by atoms with Gasteiger partial charge in [0.05, 0.1) is 18.2 Å². The van der Waals surface area contributed by atoms with E-state index in [0.717, 1.165) is 16.7 Å². The van der Waals surface area contributed by atoms with Crippen molar-refractivity contribution in [1.29, 1.82) is 5.26 Å². The highest BCUT2D eigenvalue weighted by Crippen LogP contribution is 2.23. The van der Waals surface area contributed by atoms with Gasteiger partial charge in [-0.3, -0.25) is 14.3 Å². The third kappa shape index (κ3) is 5.02. The molecule has 4 aromatic rings. The molecule has 0 aliphatic carbocycles. The van der Waals surface area contributed by atoms with Crippen LogP contribution >= 0.6 is 0 Å². The molecule has 0 saturated heterocycles. The minimum absolute atomic E-state index is 0.108. The van der Waals surface area contributed by atoms with Crippen molar-refractivity contribution < 1.29 is 0 Å². The van der Waals surface area contributed by atoms with E-state index in [4.69, 9.17) is 11.0 Å². The van der Waals surface area contributed by atoms with Gasteiger partial charge in [0.25, 0.3) is 5.56 Å². The number of aromatic amines is 1. The van der Waals surface area contributed by atoms with Crippen LogP contribution in [0.3, 0.4) is 0 Å². The Balaban J connectivity index is 1.78. The van der Waals surface area contributed by atoms with Crippen LogP contribution in [-0.4, -0.2) is 9.55 Å². The molecule has 0 saturated carbocycles. The predicted octanol–water partition coefficient (Wildman–Crippen LogP) is 3.25. The maximum Gasteiger partial charge on any atom is 0.330 e. The van der Waals surface area contributed by atoms with Gasteiger partial charge in [-0.05, 0) is 28.8 Å². The maximum absolute atomic E-state index is 13.0.